The summed E-state index contributed by atoms with van der Waals surface area (Å²) in [5.74, 6) is -0.701. The Morgan fingerprint density at radius 2 is 1.85 bits per heavy atom. The first-order valence-corrected chi connectivity index (χ1v) is 11.4. The molecule has 0 saturated heterocycles. The molecule has 1 N–H and O–H groups in total. The molecule has 7 nitrogen and oxygen atoms in total. The number of rotatable bonds is 8. The van der Waals surface area contributed by atoms with Gasteiger partial charge in [0.1, 0.15) is 22.3 Å². The van der Waals surface area contributed by atoms with Crippen molar-refractivity contribution >= 4 is 28.6 Å². The highest BCUT2D eigenvalue weighted by atomic mass is 32.2. The van der Waals surface area contributed by atoms with Crippen molar-refractivity contribution in [3.05, 3.63) is 82.4 Å². The van der Waals surface area contributed by atoms with Gasteiger partial charge in [0.25, 0.3) is 5.56 Å². The minimum atomic E-state index is -0.974. The number of carboxylic acids is 1. The van der Waals surface area contributed by atoms with E-state index in [1.807, 2.05) is 25.1 Å². The molecule has 1 atom stereocenters. The molecule has 1 unspecified atom stereocenters. The highest BCUT2D eigenvalue weighted by molar-refractivity contribution is 8.00. The van der Waals surface area contributed by atoms with Crippen molar-refractivity contribution in [1.82, 2.24) is 15.0 Å². The number of carboxylic acid groups (broad SMARTS) is 1. The molecule has 34 heavy (non-hydrogen) atoms. The fourth-order valence-electron chi connectivity index (χ4n) is 3.56. The van der Waals surface area contributed by atoms with Crippen LogP contribution in [0.3, 0.4) is 0 Å². The summed E-state index contributed by atoms with van der Waals surface area (Å²) in [6, 6.07) is 16.8. The Morgan fingerprint density at radius 1 is 1.12 bits per heavy atom. The molecule has 1 aromatic heterocycles. The van der Waals surface area contributed by atoms with Crippen LogP contribution in [0.4, 0.5) is 4.39 Å². The number of hydrogen-bond donors (Lipinski definition) is 1. The van der Waals surface area contributed by atoms with Gasteiger partial charge in [0.05, 0.1) is 12.5 Å². The van der Waals surface area contributed by atoms with Gasteiger partial charge in [-0.05, 0) is 60.4 Å². The third-order valence-electron chi connectivity index (χ3n) is 5.43. The standard InChI is InChI=1S/C25H22FN3O4S/c1-15-13-17(16-3-6-18(26)7-4-16)5-10-22(15)34-23(25(31)32)11-12-29-24(30)20-9-8-19(33-2)14-21(20)27-28-29/h3-10,13-14,23H,11-12H2,1-2H3,(H,31,32). The number of ether oxygens (including phenoxy) is 1. The largest absolute Gasteiger partial charge is 0.497 e. The third-order valence-corrected chi connectivity index (χ3v) is 6.86. The monoisotopic (exact) mass is 479 g/mol. The van der Waals surface area contributed by atoms with Gasteiger partial charge in [-0.15, -0.1) is 16.9 Å². The van der Waals surface area contributed by atoms with Crippen LogP contribution < -0.4 is 10.3 Å². The topological polar surface area (TPSA) is 94.3 Å². The summed E-state index contributed by atoms with van der Waals surface area (Å²) >= 11 is 1.22. The SMILES string of the molecule is COc1ccc2c(=O)n(CCC(Sc3ccc(-c4ccc(F)cc4)cc3C)C(=O)O)nnc2c1. The number of aliphatic carboxylic acids is 1. The number of benzene rings is 3. The summed E-state index contributed by atoms with van der Waals surface area (Å²) in [6.07, 6.45) is 0.190. The molecule has 4 aromatic rings. The Hall–Kier alpha value is -3.72. The van der Waals surface area contributed by atoms with Crippen LogP contribution in [-0.4, -0.2) is 38.4 Å². The number of fused-ring (bicyclic) bond motifs is 1. The number of nitrogens with zero attached hydrogens (tertiary/aromatic N) is 3. The van der Waals surface area contributed by atoms with Crippen molar-refractivity contribution in [3.63, 3.8) is 0 Å². The van der Waals surface area contributed by atoms with Gasteiger partial charge in [0.2, 0.25) is 0 Å². The van der Waals surface area contributed by atoms with Crippen LogP contribution in [0.5, 0.6) is 5.75 Å². The molecule has 0 spiro atoms. The maximum Gasteiger partial charge on any atom is 0.317 e. The van der Waals surface area contributed by atoms with E-state index in [-0.39, 0.29) is 24.3 Å². The number of halogens is 1. The van der Waals surface area contributed by atoms with Crippen LogP contribution in [0.25, 0.3) is 22.0 Å². The molecule has 0 saturated carbocycles. The zero-order valence-corrected chi connectivity index (χ0v) is 19.4. The van der Waals surface area contributed by atoms with Crippen molar-refractivity contribution in [2.45, 2.75) is 30.0 Å². The first kappa shape index (κ1) is 23.4. The highest BCUT2D eigenvalue weighted by Gasteiger charge is 2.21. The molecule has 9 heteroatoms. The summed E-state index contributed by atoms with van der Waals surface area (Å²) in [5.41, 5.74) is 2.80. The Kier molecular flexibility index (Phi) is 6.93. The molecule has 0 aliphatic carbocycles. The Labute approximate surface area is 199 Å². The molecular weight excluding hydrogens is 457 g/mol. The van der Waals surface area contributed by atoms with E-state index in [1.165, 1.54) is 35.7 Å². The Balaban J connectivity index is 1.50. The van der Waals surface area contributed by atoms with E-state index in [2.05, 4.69) is 10.3 Å². The van der Waals surface area contributed by atoms with Crippen molar-refractivity contribution in [2.75, 3.05) is 7.11 Å². The van der Waals surface area contributed by atoms with E-state index < -0.39 is 11.2 Å². The third kappa shape index (κ3) is 5.09. The van der Waals surface area contributed by atoms with Crippen LogP contribution >= 0.6 is 11.8 Å². The van der Waals surface area contributed by atoms with E-state index in [1.54, 1.807) is 30.3 Å². The van der Waals surface area contributed by atoms with Crippen LogP contribution in [-0.2, 0) is 11.3 Å². The van der Waals surface area contributed by atoms with Gasteiger partial charge in [0, 0.05) is 17.5 Å². The number of methoxy groups -OCH3 is 1. The van der Waals surface area contributed by atoms with Crippen molar-refractivity contribution in [2.24, 2.45) is 0 Å². The fraction of sp³-hybridized carbons (Fsp3) is 0.200. The molecule has 0 aliphatic heterocycles. The zero-order chi connectivity index (χ0) is 24.2. The molecule has 0 amide bonds. The molecule has 174 valence electrons. The van der Waals surface area contributed by atoms with Crippen LogP contribution in [0, 0.1) is 12.7 Å². The summed E-state index contributed by atoms with van der Waals surface area (Å²) in [7, 11) is 1.53. The van der Waals surface area contributed by atoms with Crippen molar-refractivity contribution < 1.29 is 19.0 Å². The van der Waals surface area contributed by atoms with Gasteiger partial charge >= 0.3 is 5.97 Å². The lowest BCUT2D eigenvalue weighted by atomic mass is 10.0. The maximum absolute atomic E-state index is 13.2. The van der Waals surface area contributed by atoms with Crippen LogP contribution in [0.2, 0.25) is 0 Å². The van der Waals surface area contributed by atoms with Gasteiger partial charge < -0.3 is 9.84 Å². The molecule has 0 fully saturated rings. The Bertz CT molecular complexity index is 1410. The summed E-state index contributed by atoms with van der Waals surface area (Å²) < 4.78 is 19.5. The average molecular weight is 480 g/mol. The lowest BCUT2D eigenvalue weighted by molar-refractivity contribution is -0.136. The van der Waals surface area contributed by atoms with Gasteiger partial charge in [-0.2, -0.15) is 0 Å². The second kappa shape index (κ2) is 10.0. The molecule has 0 radical (unpaired) electrons. The predicted molar refractivity (Wildman–Crippen MR) is 129 cm³/mol. The summed E-state index contributed by atoms with van der Waals surface area (Å²) in [4.78, 5) is 25.5. The minimum Gasteiger partial charge on any atom is -0.497 e. The molecule has 0 bridgehead atoms. The van der Waals surface area contributed by atoms with Gasteiger partial charge in [-0.25, -0.2) is 9.07 Å². The number of aryl methyl sites for hydroxylation is 2. The van der Waals surface area contributed by atoms with E-state index in [0.717, 1.165) is 21.6 Å². The maximum atomic E-state index is 13.2. The number of aromatic nitrogens is 3. The average Bonchev–Trinajstić information content (AvgIpc) is 2.83. The van der Waals surface area contributed by atoms with Gasteiger partial charge in [-0.3, -0.25) is 9.59 Å². The van der Waals surface area contributed by atoms with Crippen molar-refractivity contribution in [3.8, 4) is 16.9 Å². The summed E-state index contributed by atoms with van der Waals surface area (Å²) in [5, 5.41) is 17.4. The number of carbonyl (C=O) groups is 1. The van der Waals surface area contributed by atoms with Crippen LogP contribution in [0.1, 0.15) is 12.0 Å². The zero-order valence-electron chi connectivity index (χ0n) is 18.6. The van der Waals surface area contributed by atoms with E-state index >= 15 is 0 Å². The lowest BCUT2D eigenvalue weighted by Gasteiger charge is -2.15. The first-order chi connectivity index (χ1) is 16.4. The van der Waals surface area contributed by atoms with Crippen molar-refractivity contribution in [1.29, 1.82) is 0 Å². The molecule has 1 heterocycles. The fourth-order valence-corrected chi connectivity index (χ4v) is 4.58. The predicted octanol–water partition coefficient (Wildman–Crippen LogP) is 4.55. The van der Waals surface area contributed by atoms with Crippen LogP contribution in [0.15, 0.2) is 70.4 Å². The smallest absolute Gasteiger partial charge is 0.317 e. The second-order valence-electron chi connectivity index (χ2n) is 7.72. The quantitative estimate of drug-likeness (QED) is 0.371. The van der Waals surface area contributed by atoms with Gasteiger partial charge in [-0.1, -0.05) is 29.5 Å². The minimum absolute atomic E-state index is 0.116. The van der Waals surface area contributed by atoms with E-state index in [9.17, 15) is 19.1 Å². The molecule has 4 rings (SSSR count). The van der Waals surface area contributed by atoms with E-state index in [4.69, 9.17) is 4.74 Å². The highest BCUT2D eigenvalue weighted by Crippen LogP contribution is 2.32. The normalized spacial score (nSPS) is 12.0. The van der Waals surface area contributed by atoms with E-state index in [0.29, 0.717) is 16.7 Å². The molecule has 3 aromatic carbocycles. The first-order valence-electron chi connectivity index (χ1n) is 10.5. The number of thioether (sulfide) groups is 1. The lowest BCUT2D eigenvalue weighted by Crippen LogP contribution is -2.27. The second-order valence-corrected chi connectivity index (χ2v) is 8.97. The Morgan fingerprint density at radius 3 is 2.53 bits per heavy atom. The van der Waals surface area contributed by atoms with Gasteiger partial charge in [0.15, 0.2) is 0 Å². The molecule has 0 aliphatic rings. The summed E-state index contributed by atoms with van der Waals surface area (Å²) in [6.45, 7) is 2.02. The number of hydrogen-bond acceptors (Lipinski definition) is 6. The molecular formula is C25H22FN3O4S.